The number of carbonyl (C=O) groups is 1. The molecular formula is C19H25N5O5S. The van der Waals surface area contributed by atoms with E-state index in [0.717, 1.165) is 30.2 Å². The predicted octanol–water partition coefficient (Wildman–Crippen LogP) is 1.67. The zero-order valence-electron chi connectivity index (χ0n) is 16.9. The fourth-order valence-electron chi connectivity index (χ4n) is 2.37. The van der Waals surface area contributed by atoms with E-state index in [2.05, 4.69) is 27.6 Å². The molecule has 2 rings (SSSR count). The van der Waals surface area contributed by atoms with Crippen LogP contribution in [0.25, 0.3) is 0 Å². The van der Waals surface area contributed by atoms with Crippen LogP contribution in [0.5, 0.6) is 11.5 Å². The molecule has 1 amide bonds. The van der Waals surface area contributed by atoms with Crippen molar-refractivity contribution in [1.82, 2.24) is 20.6 Å². The van der Waals surface area contributed by atoms with E-state index in [1.54, 1.807) is 25.3 Å². The first-order valence-corrected chi connectivity index (χ1v) is 10.5. The van der Waals surface area contributed by atoms with Gasteiger partial charge in [0.2, 0.25) is 5.91 Å². The van der Waals surface area contributed by atoms with E-state index in [1.165, 1.54) is 19.1 Å². The molecule has 0 aliphatic rings. The van der Waals surface area contributed by atoms with Crippen LogP contribution in [0.3, 0.4) is 0 Å². The van der Waals surface area contributed by atoms with Gasteiger partial charge in [-0.2, -0.15) is 10.2 Å². The van der Waals surface area contributed by atoms with Crippen molar-refractivity contribution in [1.29, 1.82) is 0 Å². The van der Waals surface area contributed by atoms with E-state index in [-0.39, 0.29) is 10.8 Å². The fourth-order valence-corrected chi connectivity index (χ4v) is 3.00. The normalized spacial score (nSPS) is 10.9. The number of hydrazone groups is 1. The summed E-state index contributed by atoms with van der Waals surface area (Å²) in [5, 5.41) is 9.56. The van der Waals surface area contributed by atoms with E-state index in [9.17, 15) is 14.4 Å². The molecule has 11 heteroatoms. The molecule has 30 heavy (non-hydrogen) atoms. The van der Waals surface area contributed by atoms with Gasteiger partial charge in [0.05, 0.1) is 25.7 Å². The van der Waals surface area contributed by atoms with Crippen LogP contribution >= 0.6 is 11.8 Å². The second-order valence-corrected chi connectivity index (χ2v) is 7.18. The Labute approximate surface area is 177 Å². The molecule has 0 spiro atoms. The number of ether oxygens (including phenoxy) is 2. The molecule has 0 saturated carbocycles. The number of methoxy groups -OCH3 is 1. The molecule has 1 heterocycles. The largest absolute Gasteiger partial charge is 0.493 e. The summed E-state index contributed by atoms with van der Waals surface area (Å²) in [6.45, 7) is 2.79. The summed E-state index contributed by atoms with van der Waals surface area (Å²) >= 11 is 0.883. The standard InChI is InChI=1S/C19H25N5O5S/c1-3-4-5-6-9-29-14-8-7-13(10-15(14)28-2)11-20-22-16(25)12-30-18-17(26)21-19(27)24-23-18/h7-8,10-11H,3-6,9,12H2,1-2H3,(H,22,25)(H2,21,24,26,27)/b20-11+. The third-order valence-corrected chi connectivity index (χ3v) is 4.82. The second-order valence-electron chi connectivity index (χ2n) is 6.21. The number of H-pyrrole nitrogens is 2. The molecule has 0 unspecified atom stereocenters. The molecule has 1 aromatic carbocycles. The monoisotopic (exact) mass is 435 g/mol. The maximum atomic E-state index is 11.9. The Morgan fingerprint density at radius 2 is 2.10 bits per heavy atom. The smallest absolute Gasteiger partial charge is 0.342 e. The van der Waals surface area contributed by atoms with Crippen molar-refractivity contribution in [2.75, 3.05) is 19.5 Å². The number of nitrogens with zero attached hydrogens (tertiary/aromatic N) is 2. The number of rotatable bonds is 12. The minimum Gasteiger partial charge on any atom is -0.493 e. The molecule has 10 nitrogen and oxygen atoms in total. The maximum Gasteiger partial charge on any atom is 0.342 e. The molecule has 0 bridgehead atoms. The number of hydrogen-bond acceptors (Lipinski definition) is 8. The number of thioether (sulfide) groups is 1. The Balaban J connectivity index is 1.83. The highest BCUT2D eigenvalue weighted by molar-refractivity contribution is 7.99. The number of carbonyl (C=O) groups excluding carboxylic acids is 1. The van der Waals surface area contributed by atoms with Gasteiger partial charge in [0.1, 0.15) is 0 Å². The van der Waals surface area contributed by atoms with Gasteiger partial charge < -0.3 is 9.47 Å². The molecule has 0 atom stereocenters. The van der Waals surface area contributed by atoms with Gasteiger partial charge in [0.15, 0.2) is 16.5 Å². The lowest BCUT2D eigenvalue weighted by atomic mass is 10.2. The second kappa shape index (κ2) is 12.5. The van der Waals surface area contributed by atoms with Crippen LogP contribution in [0.1, 0.15) is 38.2 Å². The van der Waals surface area contributed by atoms with Gasteiger partial charge in [-0.25, -0.2) is 15.3 Å². The number of aromatic nitrogens is 3. The SMILES string of the molecule is CCCCCCOc1ccc(/C=N/NC(=O)CSc2n[nH]c(=O)[nH]c2=O)cc1OC. The van der Waals surface area contributed by atoms with Crippen LogP contribution < -0.4 is 26.1 Å². The summed E-state index contributed by atoms with van der Waals surface area (Å²) in [5.41, 5.74) is 1.72. The van der Waals surface area contributed by atoms with Gasteiger partial charge in [-0.15, -0.1) is 0 Å². The van der Waals surface area contributed by atoms with Crippen molar-refractivity contribution < 1.29 is 14.3 Å². The molecular weight excluding hydrogens is 410 g/mol. The number of hydrogen-bond donors (Lipinski definition) is 3. The molecule has 1 aromatic heterocycles. The summed E-state index contributed by atoms with van der Waals surface area (Å²) in [5.74, 6) is 0.723. The zero-order chi connectivity index (χ0) is 21.8. The van der Waals surface area contributed by atoms with Crippen molar-refractivity contribution in [2.45, 2.75) is 37.6 Å². The topological polar surface area (TPSA) is 139 Å². The van der Waals surface area contributed by atoms with Crippen LogP contribution in [-0.2, 0) is 4.79 Å². The first-order chi connectivity index (χ1) is 14.5. The highest BCUT2D eigenvalue weighted by Crippen LogP contribution is 2.27. The quantitative estimate of drug-likeness (QED) is 0.199. The molecule has 0 fully saturated rings. The Morgan fingerprint density at radius 1 is 1.27 bits per heavy atom. The minimum atomic E-state index is -0.707. The Morgan fingerprint density at radius 3 is 2.83 bits per heavy atom. The highest BCUT2D eigenvalue weighted by atomic mass is 32.2. The summed E-state index contributed by atoms with van der Waals surface area (Å²) in [7, 11) is 1.56. The van der Waals surface area contributed by atoms with E-state index in [4.69, 9.17) is 9.47 Å². The molecule has 0 saturated heterocycles. The van der Waals surface area contributed by atoms with Crippen LogP contribution in [0.15, 0.2) is 37.9 Å². The number of nitrogens with one attached hydrogen (secondary N) is 3. The van der Waals surface area contributed by atoms with Gasteiger partial charge in [-0.3, -0.25) is 14.6 Å². The highest BCUT2D eigenvalue weighted by Gasteiger charge is 2.08. The van der Waals surface area contributed by atoms with Gasteiger partial charge in [0, 0.05) is 0 Å². The first-order valence-electron chi connectivity index (χ1n) is 9.48. The first kappa shape index (κ1) is 23.2. The summed E-state index contributed by atoms with van der Waals surface area (Å²) in [6.07, 6.45) is 5.97. The molecule has 0 aliphatic heterocycles. The lowest BCUT2D eigenvalue weighted by Gasteiger charge is -2.11. The number of amides is 1. The van der Waals surface area contributed by atoms with E-state index in [1.807, 2.05) is 4.98 Å². The van der Waals surface area contributed by atoms with E-state index in [0.29, 0.717) is 18.1 Å². The molecule has 2 aromatic rings. The molecule has 0 aliphatic carbocycles. The number of aromatic amines is 2. The van der Waals surface area contributed by atoms with Crippen molar-refractivity contribution in [2.24, 2.45) is 5.10 Å². The van der Waals surface area contributed by atoms with Gasteiger partial charge in [0.25, 0.3) is 5.56 Å². The lowest BCUT2D eigenvalue weighted by molar-refractivity contribution is -0.118. The summed E-state index contributed by atoms with van der Waals surface area (Å²) < 4.78 is 11.1. The van der Waals surface area contributed by atoms with Gasteiger partial charge in [-0.05, 0) is 30.2 Å². The van der Waals surface area contributed by atoms with E-state index >= 15 is 0 Å². The Kier molecular flexibility index (Phi) is 9.65. The molecule has 3 N–H and O–H groups in total. The third kappa shape index (κ3) is 7.74. The minimum absolute atomic E-state index is 0.0104. The van der Waals surface area contributed by atoms with Crippen molar-refractivity contribution >= 4 is 23.9 Å². The van der Waals surface area contributed by atoms with Crippen molar-refractivity contribution in [3.05, 3.63) is 44.6 Å². The molecule has 162 valence electrons. The van der Waals surface area contributed by atoms with Crippen LogP contribution in [0.2, 0.25) is 0 Å². The van der Waals surface area contributed by atoms with Crippen molar-refractivity contribution in [3.63, 3.8) is 0 Å². The van der Waals surface area contributed by atoms with Crippen molar-refractivity contribution in [3.8, 4) is 11.5 Å². The number of benzene rings is 1. The average molecular weight is 436 g/mol. The van der Waals surface area contributed by atoms with E-state index < -0.39 is 17.2 Å². The number of unbranched alkanes of at least 4 members (excludes halogenated alkanes) is 3. The Bertz CT molecular complexity index is 972. The predicted molar refractivity (Wildman–Crippen MR) is 115 cm³/mol. The fraction of sp³-hybridized carbons (Fsp3) is 0.421. The van der Waals surface area contributed by atoms with Crippen LogP contribution in [0.4, 0.5) is 0 Å². The maximum absolute atomic E-state index is 11.9. The molecule has 0 radical (unpaired) electrons. The average Bonchev–Trinajstić information content (AvgIpc) is 2.73. The lowest BCUT2D eigenvalue weighted by Crippen LogP contribution is -2.26. The van der Waals surface area contributed by atoms with Gasteiger partial charge in [-0.1, -0.05) is 37.9 Å². The van der Waals surface area contributed by atoms with Crippen LogP contribution in [-0.4, -0.2) is 46.8 Å². The zero-order valence-corrected chi connectivity index (χ0v) is 17.7. The van der Waals surface area contributed by atoms with Crippen LogP contribution in [0, 0.1) is 0 Å². The third-order valence-electron chi connectivity index (χ3n) is 3.87. The Hall–Kier alpha value is -3.08. The summed E-state index contributed by atoms with van der Waals surface area (Å²) in [6, 6.07) is 5.36. The summed E-state index contributed by atoms with van der Waals surface area (Å²) in [4.78, 5) is 36.3. The van der Waals surface area contributed by atoms with Gasteiger partial charge >= 0.3 is 5.69 Å².